The summed E-state index contributed by atoms with van der Waals surface area (Å²) in [6, 6.07) is 81.2. The highest BCUT2D eigenvalue weighted by molar-refractivity contribution is 6.20. The third-order valence-corrected chi connectivity index (χ3v) is 13.2. The molecule has 2 heterocycles. The van der Waals surface area contributed by atoms with Gasteiger partial charge in [-0.25, -0.2) is 0 Å². The monoisotopic (exact) mass is 748 g/mol. The Balaban J connectivity index is 1.18. The minimum Gasteiger partial charge on any atom is -0.309 e. The van der Waals surface area contributed by atoms with Gasteiger partial charge in [-0.05, 0) is 103 Å². The fraction of sp³-hybridized carbons (Fsp3) is 0.0175. The maximum absolute atomic E-state index is 2.50. The first-order valence-corrected chi connectivity index (χ1v) is 20.5. The van der Waals surface area contributed by atoms with Crippen molar-refractivity contribution in [3.05, 3.63) is 241 Å². The quantitative estimate of drug-likeness (QED) is 0.159. The molecule has 0 radical (unpaired) electrons. The Labute approximate surface area is 341 Å². The summed E-state index contributed by atoms with van der Waals surface area (Å²) in [7, 11) is 0. The molecule has 0 bridgehead atoms. The number of hydrogen-bond donors (Lipinski definition) is 0. The molecule has 59 heavy (non-hydrogen) atoms. The summed E-state index contributed by atoms with van der Waals surface area (Å²) in [4.78, 5) is 0. The van der Waals surface area contributed by atoms with Crippen LogP contribution in [0.5, 0.6) is 0 Å². The van der Waals surface area contributed by atoms with Crippen molar-refractivity contribution in [1.29, 1.82) is 0 Å². The predicted molar refractivity (Wildman–Crippen MR) is 247 cm³/mol. The van der Waals surface area contributed by atoms with Crippen LogP contribution in [0.15, 0.2) is 218 Å². The highest BCUT2D eigenvalue weighted by Crippen LogP contribution is 2.60. The Morgan fingerprint density at radius 3 is 1.20 bits per heavy atom. The average molecular weight is 749 g/mol. The molecule has 1 aliphatic rings. The molecule has 0 atom stereocenters. The van der Waals surface area contributed by atoms with Crippen molar-refractivity contribution in [3.8, 4) is 22.5 Å². The zero-order chi connectivity index (χ0) is 38.7. The number of benzene rings is 10. The largest absolute Gasteiger partial charge is 0.309 e. The first-order valence-electron chi connectivity index (χ1n) is 20.5. The highest BCUT2D eigenvalue weighted by Gasteiger charge is 2.48. The summed E-state index contributed by atoms with van der Waals surface area (Å²) < 4.78 is 4.91. The Bertz CT molecular complexity index is 3520. The molecule has 13 rings (SSSR count). The second-order valence-electron chi connectivity index (χ2n) is 16.0. The molecule has 0 spiro atoms. The van der Waals surface area contributed by atoms with Crippen LogP contribution in [-0.4, -0.2) is 9.13 Å². The minimum absolute atomic E-state index is 0.613. The molecule has 2 nitrogen and oxygen atoms in total. The molecular formula is C57H36N2. The predicted octanol–water partition coefficient (Wildman–Crippen LogP) is 14.6. The fourth-order valence-corrected chi connectivity index (χ4v) is 10.9. The molecule has 2 aromatic heterocycles. The van der Waals surface area contributed by atoms with E-state index in [0.29, 0.717) is 0 Å². The number of aromatic nitrogens is 2. The Kier molecular flexibility index (Phi) is 6.68. The van der Waals surface area contributed by atoms with E-state index in [-0.39, 0.29) is 0 Å². The van der Waals surface area contributed by atoms with E-state index in [1.807, 2.05) is 0 Å². The normalized spacial score (nSPS) is 13.2. The zero-order valence-corrected chi connectivity index (χ0v) is 32.2. The van der Waals surface area contributed by atoms with Crippen LogP contribution in [0.1, 0.15) is 22.3 Å². The van der Waals surface area contributed by atoms with Gasteiger partial charge in [0.25, 0.3) is 0 Å². The maximum Gasteiger partial charge on any atom is 0.0720 e. The van der Waals surface area contributed by atoms with Crippen molar-refractivity contribution in [2.75, 3.05) is 0 Å². The topological polar surface area (TPSA) is 9.86 Å². The molecule has 274 valence electrons. The van der Waals surface area contributed by atoms with E-state index in [0.717, 1.165) is 11.4 Å². The number of fused-ring (bicyclic) bond motifs is 14. The Hall–Kier alpha value is -7.68. The van der Waals surface area contributed by atoms with Crippen LogP contribution >= 0.6 is 0 Å². The summed E-state index contributed by atoms with van der Waals surface area (Å²) in [6.45, 7) is 0. The second-order valence-corrected chi connectivity index (χ2v) is 16.0. The van der Waals surface area contributed by atoms with Crippen LogP contribution < -0.4 is 0 Å². The summed E-state index contributed by atoms with van der Waals surface area (Å²) in [5.41, 5.74) is 14.3. The molecule has 0 N–H and O–H groups in total. The van der Waals surface area contributed by atoms with Crippen LogP contribution in [0.25, 0.3) is 87.7 Å². The van der Waals surface area contributed by atoms with E-state index in [2.05, 4.69) is 228 Å². The lowest BCUT2D eigenvalue weighted by atomic mass is 9.66. The number of nitrogens with zero attached hydrogens (tertiary/aromatic N) is 2. The lowest BCUT2D eigenvalue weighted by Crippen LogP contribution is -2.29. The third-order valence-electron chi connectivity index (χ3n) is 13.2. The Morgan fingerprint density at radius 1 is 0.288 bits per heavy atom. The van der Waals surface area contributed by atoms with Crippen molar-refractivity contribution in [3.63, 3.8) is 0 Å². The molecule has 1 aliphatic carbocycles. The molecule has 10 aromatic carbocycles. The second kappa shape index (κ2) is 12.2. The van der Waals surface area contributed by atoms with Crippen LogP contribution in [0.4, 0.5) is 0 Å². The molecule has 0 saturated carbocycles. The summed E-state index contributed by atoms with van der Waals surface area (Å²) in [5, 5.41) is 10.1. The van der Waals surface area contributed by atoms with Crippen molar-refractivity contribution < 1.29 is 0 Å². The molecule has 0 unspecified atom stereocenters. The Morgan fingerprint density at radius 2 is 0.695 bits per heavy atom. The lowest BCUT2D eigenvalue weighted by Gasteiger charge is -2.35. The van der Waals surface area contributed by atoms with Gasteiger partial charge < -0.3 is 9.13 Å². The first kappa shape index (κ1) is 32.4. The van der Waals surface area contributed by atoms with E-state index in [1.54, 1.807) is 0 Å². The summed E-state index contributed by atoms with van der Waals surface area (Å²) in [6.07, 6.45) is 0. The fourth-order valence-electron chi connectivity index (χ4n) is 10.9. The van der Waals surface area contributed by atoms with Gasteiger partial charge in [-0.3, -0.25) is 0 Å². The van der Waals surface area contributed by atoms with Crippen LogP contribution in [-0.2, 0) is 5.41 Å². The van der Waals surface area contributed by atoms with Crippen LogP contribution in [0, 0.1) is 0 Å². The van der Waals surface area contributed by atoms with E-state index in [1.165, 1.54) is 98.5 Å². The standard InChI is InChI=1S/C57H36N2/c1-3-17-37(18-4-1)57(38-19-5-2-6-20-38)50-36-40(59-53-29-15-11-24-44(53)45-25-12-16-30-54(45)59)32-34-48(50)55-46-26-8-7-21-41(46)49-35-39(31-33-47(49)56(55)57)58-51-27-13-9-22-42(51)43-23-10-14-28-52(43)58/h1-36H. The molecule has 0 fully saturated rings. The average Bonchev–Trinajstić information content (AvgIpc) is 3.94. The van der Waals surface area contributed by atoms with Crippen LogP contribution in [0.3, 0.4) is 0 Å². The minimum atomic E-state index is -0.613. The molecule has 0 aliphatic heterocycles. The molecule has 0 saturated heterocycles. The molecule has 0 amide bonds. The van der Waals surface area contributed by atoms with Gasteiger partial charge in [0, 0.05) is 32.9 Å². The van der Waals surface area contributed by atoms with E-state index in [4.69, 9.17) is 0 Å². The van der Waals surface area contributed by atoms with Gasteiger partial charge in [0.05, 0.1) is 27.5 Å². The van der Waals surface area contributed by atoms with Gasteiger partial charge in [-0.2, -0.15) is 0 Å². The van der Waals surface area contributed by atoms with E-state index in [9.17, 15) is 0 Å². The van der Waals surface area contributed by atoms with E-state index >= 15 is 0 Å². The third kappa shape index (κ3) is 4.30. The van der Waals surface area contributed by atoms with E-state index < -0.39 is 5.41 Å². The van der Waals surface area contributed by atoms with Gasteiger partial charge in [-0.15, -0.1) is 0 Å². The van der Waals surface area contributed by atoms with Gasteiger partial charge in [-0.1, -0.05) is 170 Å². The van der Waals surface area contributed by atoms with Gasteiger partial charge in [0.15, 0.2) is 0 Å². The smallest absolute Gasteiger partial charge is 0.0720 e. The number of rotatable bonds is 4. The molecule has 12 aromatic rings. The van der Waals surface area contributed by atoms with Crippen LogP contribution in [0.2, 0.25) is 0 Å². The summed E-state index contributed by atoms with van der Waals surface area (Å²) >= 11 is 0. The molecular weight excluding hydrogens is 713 g/mol. The zero-order valence-electron chi connectivity index (χ0n) is 32.2. The van der Waals surface area contributed by atoms with Crippen molar-refractivity contribution >= 4 is 65.2 Å². The van der Waals surface area contributed by atoms with Crippen molar-refractivity contribution in [1.82, 2.24) is 9.13 Å². The van der Waals surface area contributed by atoms with Crippen molar-refractivity contribution in [2.45, 2.75) is 5.41 Å². The first-order chi connectivity index (χ1) is 29.3. The van der Waals surface area contributed by atoms with Gasteiger partial charge in [0.1, 0.15) is 0 Å². The maximum atomic E-state index is 2.50. The summed E-state index contributed by atoms with van der Waals surface area (Å²) in [5.74, 6) is 0. The van der Waals surface area contributed by atoms with Gasteiger partial charge in [0.2, 0.25) is 0 Å². The number of para-hydroxylation sites is 4. The number of hydrogen-bond acceptors (Lipinski definition) is 0. The van der Waals surface area contributed by atoms with Crippen molar-refractivity contribution in [2.24, 2.45) is 0 Å². The lowest BCUT2D eigenvalue weighted by molar-refractivity contribution is 0.775. The van der Waals surface area contributed by atoms with Gasteiger partial charge >= 0.3 is 0 Å². The highest BCUT2D eigenvalue weighted by atomic mass is 15.0. The molecule has 2 heteroatoms. The SMILES string of the molecule is c1ccc(C2(c3ccccc3)c3cc(-n4c5ccccc5c5ccccc54)ccc3-c3c2c2ccc(-n4c5ccccc5c5ccccc54)cc2c2ccccc32)cc1.